The number of alkyl halides is 3. The fourth-order valence-electron chi connectivity index (χ4n) is 2.21. The predicted octanol–water partition coefficient (Wildman–Crippen LogP) is 3.29. The molecule has 0 saturated carbocycles. The van der Waals surface area contributed by atoms with Crippen molar-refractivity contribution in [1.29, 1.82) is 5.41 Å². The Morgan fingerprint density at radius 1 is 1.11 bits per heavy atom. The number of likely N-dealkylation sites (tertiary alicyclic amines) is 1. The Hall–Kier alpha value is -1.52. The van der Waals surface area contributed by atoms with Gasteiger partial charge in [-0.2, -0.15) is 13.2 Å². The number of hydrogen-bond acceptors (Lipinski definition) is 1. The van der Waals surface area contributed by atoms with Crippen molar-refractivity contribution in [3.8, 4) is 0 Å². The van der Waals surface area contributed by atoms with Crippen molar-refractivity contribution in [3.63, 3.8) is 0 Å². The Morgan fingerprint density at radius 3 is 2.17 bits per heavy atom. The summed E-state index contributed by atoms with van der Waals surface area (Å²) in [5, 5.41) is 7.99. The molecule has 1 heterocycles. The van der Waals surface area contributed by atoms with E-state index >= 15 is 0 Å². The predicted molar refractivity (Wildman–Crippen MR) is 63.6 cm³/mol. The summed E-state index contributed by atoms with van der Waals surface area (Å²) in [5.74, 6) is -0.895. The van der Waals surface area contributed by atoms with Gasteiger partial charge in [-0.15, -0.1) is 0 Å². The van der Waals surface area contributed by atoms with E-state index in [2.05, 4.69) is 0 Å². The van der Waals surface area contributed by atoms with Gasteiger partial charge in [-0.05, 0) is 12.8 Å². The number of piperidine rings is 1. The zero-order valence-electron chi connectivity index (χ0n) is 9.87. The average Bonchev–Trinajstić information content (AvgIpc) is 2.38. The van der Waals surface area contributed by atoms with Crippen LogP contribution >= 0.6 is 0 Å². The van der Waals surface area contributed by atoms with E-state index < -0.39 is 12.1 Å². The molecule has 0 bridgehead atoms. The second kappa shape index (κ2) is 5.00. The first-order valence-electron chi connectivity index (χ1n) is 5.94. The lowest BCUT2D eigenvalue weighted by atomic mass is 9.96. The Morgan fingerprint density at radius 2 is 1.67 bits per heavy atom. The minimum atomic E-state index is -4.10. The first kappa shape index (κ1) is 12.9. The third-order valence-corrected chi connectivity index (χ3v) is 3.32. The van der Waals surface area contributed by atoms with Gasteiger partial charge in [0.25, 0.3) is 0 Å². The van der Waals surface area contributed by atoms with Crippen molar-refractivity contribution in [2.24, 2.45) is 5.92 Å². The van der Waals surface area contributed by atoms with Crippen LogP contribution in [0.2, 0.25) is 0 Å². The van der Waals surface area contributed by atoms with E-state index in [0.29, 0.717) is 18.9 Å². The van der Waals surface area contributed by atoms with Crippen molar-refractivity contribution in [2.45, 2.75) is 19.0 Å². The molecule has 0 amide bonds. The van der Waals surface area contributed by atoms with E-state index in [0.717, 1.165) is 5.56 Å². The van der Waals surface area contributed by atoms with Crippen LogP contribution < -0.4 is 0 Å². The molecule has 1 aromatic rings. The van der Waals surface area contributed by atoms with Crippen molar-refractivity contribution in [1.82, 2.24) is 4.90 Å². The number of nitrogens with zero attached hydrogens (tertiary/aromatic N) is 1. The first-order valence-corrected chi connectivity index (χ1v) is 5.94. The molecular formula is C13H15F3N2. The normalized spacial score (nSPS) is 17.8. The number of amidine groups is 1. The fourth-order valence-corrected chi connectivity index (χ4v) is 2.21. The van der Waals surface area contributed by atoms with Gasteiger partial charge in [-0.3, -0.25) is 5.41 Å². The van der Waals surface area contributed by atoms with Crippen LogP contribution in [0.4, 0.5) is 13.2 Å². The molecule has 0 spiro atoms. The molecule has 0 unspecified atom stereocenters. The summed E-state index contributed by atoms with van der Waals surface area (Å²) >= 11 is 0. The molecule has 2 nitrogen and oxygen atoms in total. The topological polar surface area (TPSA) is 27.1 Å². The molecule has 1 N–H and O–H groups in total. The summed E-state index contributed by atoms with van der Waals surface area (Å²) in [6, 6.07) is 9.11. The molecule has 1 aliphatic heterocycles. The summed E-state index contributed by atoms with van der Waals surface area (Å²) in [6.07, 6.45) is -3.93. The van der Waals surface area contributed by atoms with Crippen molar-refractivity contribution >= 4 is 5.84 Å². The quantitative estimate of drug-likeness (QED) is 0.606. The van der Waals surface area contributed by atoms with E-state index in [1.165, 1.54) is 0 Å². The van der Waals surface area contributed by atoms with Crippen LogP contribution in [-0.2, 0) is 0 Å². The maximum absolute atomic E-state index is 12.5. The van der Waals surface area contributed by atoms with Crippen molar-refractivity contribution in [3.05, 3.63) is 35.9 Å². The molecule has 0 aliphatic carbocycles. The summed E-state index contributed by atoms with van der Waals surface area (Å²) in [4.78, 5) is 1.72. The number of nitrogens with one attached hydrogen (secondary N) is 1. The van der Waals surface area contributed by atoms with E-state index in [-0.39, 0.29) is 12.8 Å². The highest BCUT2D eigenvalue weighted by atomic mass is 19.4. The molecule has 1 saturated heterocycles. The lowest BCUT2D eigenvalue weighted by molar-refractivity contribution is -0.183. The minimum Gasteiger partial charge on any atom is -0.357 e. The molecule has 98 valence electrons. The number of benzene rings is 1. The number of hydrogen-bond donors (Lipinski definition) is 1. The highest BCUT2D eigenvalue weighted by Crippen LogP contribution is 2.34. The fraction of sp³-hybridized carbons (Fsp3) is 0.462. The van der Waals surface area contributed by atoms with E-state index in [1.807, 2.05) is 18.2 Å². The molecule has 0 radical (unpaired) electrons. The maximum Gasteiger partial charge on any atom is 0.391 e. The second-order valence-corrected chi connectivity index (χ2v) is 4.52. The smallest absolute Gasteiger partial charge is 0.357 e. The molecule has 1 aliphatic rings. The zero-order chi connectivity index (χ0) is 13.2. The van der Waals surface area contributed by atoms with E-state index in [9.17, 15) is 13.2 Å². The Bertz CT molecular complexity index is 406. The van der Waals surface area contributed by atoms with Crippen LogP contribution in [0.25, 0.3) is 0 Å². The minimum absolute atomic E-state index is 0.0821. The largest absolute Gasteiger partial charge is 0.391 e. The van der Waals surface area contributed by atoms with Gasteiger partial charge >= 0.3 is 6.18 Å². The van der Waals surface area contributed by atoms with Gasteiger partial charge in [-0.25, -0.2) is 0 Å². The monoisotopic (exact) mass is 256 g/mol. The second-order valence-electron chi connectivity index (χ2n) is 4.52. The maximum atomic E-state index is 12.5. The van der Waals surface area contributed by atoms with Crippen LogP contribution in [0, 0.1) is 11.3 Å². The molecular weight excluding hydrogens is 241 g/mol. The van der Waals surface area contributed by atoms with Crippen LogP contribution in [0.3, 0.4) is 0 Å². The first-order chi connectivity index (χ1) is 8.48. The Kier molecular flexibility index (Phi) is 3.59. The van der Waals surface area contributed by atoms with E-state index in [1.54, 1.807) is 17.0 Å². The number of halogens is 3. The van der Waals surface area contributed by atoms with Crippen LogP contribution in [0.5, 0.6) is 0 Å². The molecule has 0 atom stereocenters. The lowest BCUT2D eigenvalue weighted by Crippen LogP contribution is -2.42. The summed E-state index contributed by atoms with van der Waals surface area (Å²) in [5.41, 5.74) is 0.753. The van der Waals surface area contributed by atoms with Gasteiger partial charge in [0.2, 0.25) is 0 Å². The van der Waals surface area contributed by atoms with Crippen LogP contribution in [0.1, 0.15) is 18.4 Å². The van der Waals surface area contributed by atoms with Gasteiger partial charge in [0, 0.05) is 18.7 Å². The SMILES string of the molecule is N=C(c1ccccc1)N1CCC(C(F)(F)F)CC1. The number of rotatable bonds is 1. The lowest BCUT2D eigenvalue weighted by Gasteiger charge is -2.34. The van der Waals surface area contributed by atoms with Crippen molar-refractivity contribution < 1.29 is 13.2 Å². The van der Waals surface area contributed by atoms with Gasteiger partial charge in [0.15, 0.2) is 0 Å². The highest BCUT2D eigenvalue weighted by molar-refractivity contribution is 5.96. The van der Waals surface area contributed by atoms with Gasteiger partial charge < -0.3 is 4.90 Å². The Labute approximate surface area is 104 Å². The molecule has 18 heavy (non-hydrogen) atoms. The van der Waals surface area contributed by atoms with Crippen LogP contribution in [-0.4, -0.2) is 30.0 Å². The molecule has 0 aromatic heterocycles. The van der Waals surface area contributed by atoms with Gasteiger partial charge in [0.05, 0.1) is 5.92 Å². The van der Waals surface area contributed by atoms with Gasteiger partial charge in [0.1, 0.15) is 5.84 Å². The van der Waals surface area contributed by atoms with Crippen molar-refractivity contribution in [2.75, 3.05) is 13.1 Å². The third kappa shape index (κ3) is 2.83. The molecule has 5 heteroatoms. The zero-order valence-corrected chi connectivity index (χ0v) is 9.87. The standard InChI is InChI=1S/C13H15F3N2/c14-13(15,16)11-6-8-18(9-7-11)12(17)10-4-2-1-3-5-10/h1-5,11,17H,6-9H2. The van der Waals surface area contributed by atoms with E-state index in [4.69, 9.17) is 5.41 Å². The highest BCUT2D eigenvalue weighted by Gasteiger charge is 2.41. The summed E-state index contributed by atoms with van der Waals surface area (Å²) in [6.45, 7) is 0.607. The average molecular weight is 256 g/mol. The Balaban J connectivity index is 1.96. The third-order valence-electron chi connectivity index (χ3n) is 3.32. The van der Waals surface area contributed by atoms with Gasteiger partial charge in [-0.1, -0.05) is 30.3 Å². The van der Waals surface area contributed by atoms with Crippen LogP contribution in [0.15, 0.2) is 30.3 Å². The molecule has 1 aromatic carbocycles. The summed E-state index contributed by atoms with van der Waals surface area (Å²) < 4.78 is 37.6. The molecule has 1 fully saturated rings. The molecule has 2 rings (SSSR count). The summed E-state index contributed by atoms with van der Waals surface area (Å²) in [7, 11) is 0.